The maximum Gasteiger partial charge on any atom is 0.238 e. The van der Waals surface area contributed by atoms with E-state index in [0.29, 0.717) is 0 Å². The van der Waals surface area contributed by atoms with Crippen molar-refractivity contribution in [1.29, 1.82) is 0 Å². The number of hydrogen-bond acceptors (Lipinski definition) is 3. The van der Waals surface area contributed by atoms with Crippen LogP contribution in [0.2, 0.25) is 0 Å². The van der Waals surface area contributed by atoms with Crippen molar-refractivity contribution in [2.24, 2.45) is 0 Å². The highest BCUT2D eigenvalue weighted by Crippen LogP contribution is 2.31. The molecule has 2 aromatic rings. The summed E-state index contributed by atoms with van der Waals surface area (Å²) in [5.74, 6) is -1.18. The van der Waals surface area contributed by atoms with Crippen molar-refractivity contribution >= 4 is 11.6 Å². The first-order chi connectivity index (χ1) is 13.1. The van der Waals surface area contributed by atoms with E-state index in [1.165, 1.54) is 6.07 Å². The average Bonchev–Trinajstić information content (AvgIpc) is 2.90. The van der Waals surface area contributed by atoms with Gasteiger partial charge in [0, 0.05) is 6.04 Å². The van der Waals surface area contributed by atoms with Gasteiger partial charge in [0.25, 0.3) is 0 Å². The van der Waals surface area contributed by atoms with Crippen molar-refractivity contribution in [3.63, 3.8) is 0 Å². The number of hydrogen-bond donors (Lipinski definition) is 1. The molecule has 1 N–H and O–H groups in total. The van der Waals surface area contributed by atoms with Gasteiger partial charge in [0.1, 0.15) is 23.1 Å². The minimum Gasteiger partial charge on any atom is -0.497 e. The molecule has 0 unspecified atom stereocenters. The van der Waals surface area contributed by atoms with Crippen LogP contribution in [0.5, 0.6) is 5.75 Å². The Hall–Kier alpha value is -2.47. The molecule has 0 spiro atoms. The van der Waals surface area contributed by atoms with E-state index in [2.05, 4.69) is 10.2 Å². The quantitative estimate of drug-likeness (QED) is 0.836. The van der Waals surface area contributed by atoms with Crippen LogP contribution >= 0.6 is 0 Å². The normalized spacial score (nSPS) is 18.0. The maximum atomic E-state index is 13.8. The third-order valence-electron chi connectivity index (χ3n) is 4.94. The fourth-order valence-corrected chi connectivity index (χ4v) is 3.54. The van der Waals surface area contributed by atoms with Gasteiger partial charge in [0.2, 0.25) is 5.91 Å². The van der Waals surface area contributed by atoms with Crippen molar-refractivity contribution in [3.05, 3.63) is 59.7 Å². The van der Waals surface area contributed by atoms with Crippen molar-refractivity contribution in [2.45, 2.75) is 31.7 Å². The van der Waals surface area contributed by atoms with Gasteiger partial charge in [-0.1, -0.05) is 31.0 Å². The average molecular weight is 374 g/mol. The summed E-state index contributed by atoms with van der Waals surface area (Å²) in [7, 11) is 1.62. The Morgan fingerprint density at radius 1 is 1.11 bits per heavy atom. The predicted octanol–water partition coefficient (Wildman–Crippen LogP) is 4.53. The van der Waals surface area contributed by atoms with E-state index in [-0.39, 0.29) is 12.6 Å². The SMILES string of the molecule is COc1ccc([C@@H]2CCCCCN2CC(=O)Nc2c(F)cccc2F)cc1. The Labute approximate surface area is 158 Å². The number of likely N-dealkylation sites (tertiary alicyclic amines) is 1. The summed E-state index contributed by atoms with van der Waals surface area (Å²) in [5, 5.41) is 2.39. The molecule has 2 aromatic carbocycles. The lowest BCUT2D eigenvalue weighted by Gasteiger charge is -2.30. The molecule has 1 saturated heterocycles. The summed E-state index contributed by atoms with van der Waals surface area (Å²) >= 11 is 0. The molecule has 3 rings (SSSR count). The molecule has 0 aromatic heterocycles. The highest BCUT2D eigenvalue weighted by atomic mass is 19.1. The first kappa shape index (κ1) is 19.3. The van der Waals surface area contributed by atoms with Gasteiger partial charge in [-0.15, -0.1) is 0 Å². The number of carbonyl (C=O) groups excluding carboxylic acids is 1. The second-order valence-electron chi connectivity index (χ2n) is 6.75. The summed E-state index contributed by atoms with van der Waals surface area (Å²) in [5.41, 5.74) is 0.723. The molecule has 6 heteroatoms. The summed E-state index contributed by atoms with van der Waals surface area (Å²) in [6.45, 7) is 0.855. The van der Waals surface area contributed by atoms with E-state index < -0.39 is 23.2 Å². The molecule has 1 amide bonds. The number of carbonyl (C=O) groups is 1. The number of nitrogens with zero attached hydrogens (tertiary/aromatic N) is 1. The molecule has 27 heavy (non-hydrogen) atoms. The molecular formula is C21H24F2N2O2. The second-order valence-corrected chi connectivity index (χ2v) is 6.75. The standard InChI is InChI=1S/C21H24F2N2O2/c1-27-16-11-9-15(10-12-16)19-8-3-2-4-13-25(19)14-20(26)24-21-17(22)6-5-7-18(21)23/h5-7,9-12,19H,2-4,8,13-14H2,1H3,(H,24,26)/t19-/m0/s1. The number of para-hydroxylation sites is 1. The van der Waals surface area contributed by atoms with Gasteiger partial charge in [-0.2, -0.15) is 0 Å². The lowest BCUT2D eigenvalue weighted by atomic mass is 10.0. The van der Waals surface area contributed by atoms with Crippen LogP contribution in [0.1, 0.15) is 37.3 Å². The topological polar surface area (TPSA) is 41.6 Å². The predicted molar refractivity (Wildman–Crippen MR) is 101 cm³/mol. The molecule has 0 aliphatic carbocycles. The maximum absolute atomic E-state index is 13.8. The van der Waals surface area contributed by atoms with Crippen LogP contribution in [0, 0.1) is 11.6 Å². The third kappa shape index (κ3) is 4.83. The Kier molecular flexibility index (Phi) is 6.40. The monoisotopic (exact) mass is 374 g/mol. The molecule has 1 fully saturated rings. The third-order valence-corrected chi connectivity index (χ3v) is 4.94. The molecule has 1 aliphatic heterocycles. The Balaban J connectivity index is 1.74. The molecule has 1 aliphatic rings. The van der Waals surface area contributed by atoms with Crippen molar-refractivity contribution in [1.82, 2.24) is 4.90 Å². The minimum atomic E-state index is -0.772. The number of halogens is 2. The summed E-state index contributed by atoms with van der Waals surface area (Å²) in [4.78, 5) is 14.6. The van der Waals surface area contributed by atoms with E-state index >= 15 is 0 Å². The largest absolute Gasteiger partial charge is 0.497 e. The van der Waals surface area contributed by atoms with E-state index in [1.807, 2.05) is 24.3 Å². The van der Waals surface area contributed by atoms with E-state index in [9.17, 15) is 13.6 Å². The minimum absolute atomic E-state index is 0.0878. The zero-order valence-electron chi connectivity index (χ0n) is 15.4. The number of anilines is 1. The summed E-state index contributed by atoms with van der Waals surface area (Å²) in [6.07, 6.45) is 4.12. The van der Waals surface area contributed by atoms with Crippen LogP contribution in [-0.2, 0) is 4.79 Å². The first-order valence-corrected chi connectivity index (χ1v) is 9.20. The summed E-state index contributed by atoms with van der Waals surface area (Å²) in [6, 6.07) is 11.5. The van der Waals surface area contributed by atoms with Crippen LogP contribution in [0.4, 0.5) is 14.5 Å². The Morgan fingerprint density at radius 3 is 2.48 bits per heavy atom. The highest BCUT2D eigenvalue weighted by Gasteiger charge is 2.25. The summed E-state index contributed by atoms with van der Waals surface area (Å²) < 4.78 is 32.8. The molecule has 0 bridgehead atoms. The van der Waals surface area contributed by atoms with Crippen molar-refractivity contribution in [3.8, 4) is 5.75 Å². The molecule has 0 radical (unpaired) electrons. The number of ether oxygens (including phenoxy) is 1. The number of benzene rings is 2. The Bertz CT molecular complexity index is 760. The van der Waals surface area contributed by atoms with Crippen LogP contribution in [-0.4, -0.2) is 31.0 Å². The number of amides is 1. The number of rotatable bonds is 5. The molecule has 1 atom stereocenters. The fourth-order valence-electron chi connectivity index (χ4n) is 3.54. The van der Waals surface area contributed by atoms with Gasteiger partial charge < -0.3 is 10.1 Å². The Morgan fingerprint density at radius 2 is 1.81 bits per heavy atom. The zero-order chi connectivity index (χ0) is 19.2. The van der Waals surface area contributed by atoms with Crippen LogP contribution < -0.4 is 10.1 Å². The lowest BCUT2D eigenvalue weighted by Crippen LogP contribution is -2.36. The molecule has 0 saturated carbocycles. The van der Waals surface area contributed by atoms with Gasteiger partial charge in [-0.05, 0) is 49.2 Å². The zero-order valence-corrected chi connectivity index (χ0v) is 15.4. The van der Waals surface area contributed by atoms with Crippen LogP contribution in [0.25, 0.3) is 0 Å². The molecule has 1 heterocycles. The van der Waals surface area contributed by atoms with E-state index in [4.69, 9.17) is 4.74 Å². The van der Waals surface area contributed by atoms with E-state index in [1.54, 1.807) is 7.11 Å². The molecule has 4 nitrogen and oxygen atoms in total. The van der Waals surface area contributed by atoms with Crippen LogP contribution in [0.15, 0.2) is 42.5 Å². The fraction of sp³-hybridized carbons (Fsp3) is 0.381. The highest BCUT2D eigenvalue weighted by molar-refractivity contribution is 5.92. The van der Waals surface area contributed by atoms with Gasteiger partial charge in [0.15, 0.2) is 0 Å². The molecule has 144 valence electrons. The van der Waals surface area contributed by atoms with Gasteiger partial charge in [-0.3, -0.25) is 9.69 Å². The van der Waals surface area contributed by atoms with Crippen molar-refractivity contribution < 1.29 is 18.3 Å². The van der Waals surface area contributed by atoms with Crippen LogP contribution in [0.3, 0.4) is 0 Å². The first-order valence-electron chi connectivity index (χ1n) is 9.20. The van der Waals surface area contributed by atoms with Gasteiger partial charge >= 0.3 is 0 Å². The number of nitrogens with one attached hydrogen (secondary N) is 1. The molecular weight excluding hydrogens is 350 g/mol. The van der Waals surface area contributed by atoms with E-state index in [0.717, 1.165) is 55.7 Å². The number of methoxy groups -OCH3 is 1. The van der Waals surface area contributed by atoms with Crippen molar-refractivity contribution in [2.75, 3.05) is 25.5 Å². The lowest BCUT2D eigenvalue weighted by molar-refractivity contribution is -0.117. The van der Waals surface area contributed by atoms with Gasteiger partial charge in [-0.25, -0.2) is 8.78 Å². The smallest absolute Gasteiger partial charge is 0.238 e. The van der Waals surface area contributed by atoms with Gasteiger partial charge in [0.05, 0.1) is 13.7 Å². The second kappa shape index (κ2) is 8.95.